The Labute approximate surface area is 114 Å². The van der Waals surface area contributed by atoms with Crippen molar-refractivity contribution in [3.05, 3.63) is 29.8 Å². The van der Waals surface area contributed by atoms with Crippen molar-refractivity contribution in [2.24, 2.45) is 5.92 Å². The van der Waals surface area contributed by atoms with E-state index < -0.39 is 0 Å². The molecule has 3 nitrogen and oxygen atoms in total. The number of para-hydroxylation sites is 1. The zero-order valence-corrected chi connectivity index (χ0v) is 11.5. The molecule has 19 heavy (non-hydrogen) atoms. The van der Waals surface area contributed by atoms with Crippen LogP contribution in [-0.4, -0.2) is 18.0 Å². The van der Waals surface area contributed by atoms with E-state index in [9.17, 15) is 4.79 Å². The fourth-order valence-corrected chi connectivity index (χ4v) is 3.36. The third-order valence-corrected chi connectivity index (χ3v) is 4.56. The van der Waals surface area contributed by atoms with Crippen molar-refractivity contribution in [2.75, 3.05) is 5.32 Å². The highest BCUT2D eigenvalue weighted by Crippen LogP contribution is 2.28. The number of anilines is 1. The van der Waals surface area contributed by atoms with Crippen LogP contribution in [0.25, 0.3) is 0 Å². The number of hydrogen-bond acceptors (Lipinski definition) is 2. The van der Waals surface area contributed by atoms with Crippen molar-refractivity contribution in [1.29, 1.82) is 0 Å². The lowest BCUT2D eigenvalue weighted by molar-refractivity contribution is -0.122. The van der Waals surface area contributed by atoms with Crippen LogP contribution in [0.3, 0.4) is 0 Å². The summed E-state index contributed by atoms with van der Waals surface area (Å²) in [6.07, 6.45) is 5.97. The summed E-state index contributed by atoms with van der Waals surface area (Å²) in [5, 5.41) is 6.52. The van der Waals surface area contributed by atoms with Crippen molar-refractivity contribution in [3.63, 3.8) is 0 Å². The van der Waals surface area contributed by atoms with Gasteiger partial charge in [-0.05, 0) is 37.3 Å². The number of hydrogen-bond donors (Lipinski definition) is 2. The minimum absolute atomic E-state index is 0.0961. The largest absolute Gasteiger partial charge is 0.373 e. The van der Waals surface area contributed by atoms with Crippen molar-refractivity contribution in [1.82, 2.24) is 5.32 Å². The van der Waals surface area contributed by atoms with E-state index in [1.165, 1.54) is 31.2 Å². The van der Waals surface area contributed by atoms with Crippen LogP contribution in [0.2, 0.25) is 0 Å². The van der Waals surface area contributed by atoms with Crippen molar-refractivity contribution >= 4 is 11.6 Å². The van der Waals surface area contributed by atoms with Gasteiger partial charge in [0.25, 0.3) is 0 Å². The lowest BCUT2D eigenvalue weighted by Gasteiger charge is -2.22. The molecule has 2 aliphatic rings. The number of nitrogens with one attached hydrogen (secondary N) is 2. The minimum atomic E-state index is -0.0961. The molecule has 0 bridgehead atoms. The minimum Gasteiger partial charge on any atom is -0.373 e. The first-order valence-corrected chi connectivity index (χ1v) is 7.39. The topological polar surface area (TPSA) is 41.1 Å². The van der Waals surface area contributed by atoms with Crippen LogP contribution in [0.15, 0.2) is 24.3 Å². The molecule has 1 heterocycles. The van der Waals surface area contributed by atoms with E-state index in [2.05, 4.69) is 23.6 Å². The third kappa shape index (κ3) is 2.60. The first-order valence-electron chi connectivity index (χ1n) is 7.39. The molecule has 1 aromatic carbocycles. The number of fused-ring (bicyclic) bond motifs is 1. The molecule has 0 saturated heterocycles. The van der Waals surface area contributed by atoms with Gasteiger partial charge in [0.2, 0.25) is 5.91 Å². The Kier molecular flexibility index (Phi) is 3.45. The van der Waals surface area contributed by atoms with Gasteiger partial charge in [-0.2, -0.15) is 0 Å². The summed E-state index contributed by atoms with van der Waals surface area (Å²) in [5.41, 5.74) is 2.35. The van der Waals surface area contributed by atoms with Gasteiger partial charge >= 0.3 is 0 Å². The zero-order chi connectivity index (χ0) is 13.2. The molecule has 3 rings (SSSR count). The molecule has 0 radical (unpaired) electrons. The Morgan fingerprint density at radius 2 is 2.05 bits per heavy atom. The average Bonchev–Trinajstić information content (AvgIpc) is 3.07. The van der Waals surface area contributed by atoms with Gasteiger partial charge in [0.05, 0.1) is 0 Å². The molecular weight excluding hydrogens is 236 g/mol. The lowest BCUT2D eigenvalue weighted by atomic mass is 9.99. The van der Waals surface area contributed by atoms with E-state index in [1.54, 1.807) is 0 Å². The van der Waals surface area contributed by atoms with E-state index in [-0.39, 0.29) is 11.9 Å². The van der Waals surface area contributed by atoms with Crippen LogP contribution in [0.4, 0.5) is 5.69 Å². The molecule has 2 N–H and O–H groups in total. The summed E-state index contributed by atoms with van der Waals surface area (Å²) in [6, 6.07) is 8.38. The second kappa shape index (κ2) is 5.24. The number of rotatable bonds is 3. The zero-order valence-electron chi connectivity index (χ0n) is 11.5. The Morgan fingerprint density at radius 1 is 1.32 bits per heavy atom. The molecule has 1 aliphatic heterocycles. The quantitative estimate of drug-likeness (QED) is 0.875. The first-order chi connectivity index (χ1) is 9.24. The number of amides is 1. The molecule has 2 atom stereocenters. The van der Waals surface area contributed by atoms with Gasteiger partial charge in [0, 0.05) is 18.2 Å². The van der Waals surface area contributed by atoms with Gasteiger partial charge in [0.15, 0.2) is 0 Å². The fourth-order valence-electron chi connectivity index (χ4n) is 3.36. The van der Waals surface area contributed by atoms with Crippen LogP contribution in [-0.2, 0) is 11.2 Å². The smallest absolute Gasteiger partial charge is 0.243 e. The number of carbonyl (C=O) groups excluding carboxylic acids is 1. The van der Waals surface area contributed by atoms with Crippen molar-refractivity contribution in [3.8, 4) is 0 Å². The summed E-state index contributed by atoms with van der Waals surface area (Å²) < 4.78 is 0. The molecule has 1 fully saturated rings. The van der Waals surface area contributed by atoms with E-state index in [4.69, 9.17) is 0 Å². The van der Waals surface area contributed by atoms with Crippen molar-refractivity contribution < 1.29 is 4.79 Å². The van der Waals surface area contributed by atoms with Crippen LogP contribution >= 0.6 is 0 Å². The highest BCUT2D eigenvalue weighted by molar-refractivity contribution is 5.87. The molecule has 1 aromatic rings. The summed E-state index contributed by atoms with van der Waals surface area (Å²) in [4.78, 5) is 12.3. The maximum atomic E-state index is 12.3. The standard InChI is InChI=1S/C16H22N2O/c1-11(12-6-2-3-7-12)17-16(19)15-10-13-8-4-5-9-14(13)18-15/h4-5,8-9,11-12,15,18H,2-3,6-7,10H2,1H3,(H,17,19)/t11-,15?/m0/s1. The predicted molar refractivity (Wildman–Crippen MR) is 77.1 cm³/mol. The fraction of sp³-hybridized carbons (Fsp3) is 0.562. The van der Waals surface area contributed by atoms with E-state index in [0.29, 0.717) is 12.0 Å². The maximum absolute atomic E-state index is 12.3. The normalized spacial score (nSPS) is 23.7. The summed E-state index contributed by atoms with van der Waals surface area (Å²) in [7, 11) is 0. The Bertz CT molecular complexity index is 441. The van der Waals surface area contributed by atoms with Gasteiger partial charge < -0.3 is 10.6 Å². The first kappa shape index (κ1) is 12.5. The van der Waals surface area contributed by atoms with E-state index in [1.807, 2.05) is 18.2 Å². The second-order valence-corrected chi connectivity index (χ2v) is 5.90. The summed E-state index contributed by atoms with van der Waals surface area (Å²) >= 11 is 0. The maximum Gasteiger partial charge on any atom is 0.243 e. The van der Waals surface area contributed by atoms with Gasteiger partial charge in [-0.25, -0.2) is 0 Å². The predicted octanol–water partition coefficient (Wildman–Crippen LogP) is 2.72. The SMILES string of the molecule is C[C@H](NC(=O)C1Cc2ccccc2N1)C1CCCC1. The lowest BCUT2D eigenvalue weighted by Crippen LogP contribution is -2.45. The van der Waals surface area contributed by atoms with Gasteiger partial charge in [-0.15, -0.1) is 0 Å². The Morgan fingerprint density at radius 3 is 2.79 bits per heavy atom. The van der Waals surface area contributed by atoms with Crippen LogP contribution < -0.4 is 10.6 Å². The molecule has 102 valence electrons. The molecular formula is C16H22N2O. The molecule has 3 heteroatoms. The molecule has 1 amide bonds. The highest BCUT2D eigenvalue weighted by Gasteiger charge is 2.29. The third-order valence-electron chi connectivity index (χ3n) is 4.56. The average molecular weight is 258 g/mol. The van der Waals surface area contributed by atoms with E-state index in [0.717, 1.165) is 12.1 Å². The molecule has 1 saturated carbocycles. The Balaban J connectivity index is 1.57. The van der Waals surface area contributed by atoms with Gasteiger partial charge in [-0.1, -0.05) is 31.0 Å². The number of benzene rings is 1. The molecule has 1 aliphatic carbocycles. The Hall–Kier alpha value is -1.51. The molecule has 0 spiro atoms. The monoisotopic (exact) mass is 258 g/mol. The van der Waals surface area contributed by atoms with Gasteiger partial charge in [0.1, 0.15) is 6.04 Å². The second-order valence-electron chi connectivity index (χ2n) is 5.90. The van der Waals surface area contributed by atoms with Gasteiger partial charge in [-0.3, -0.25) is 4.79 Å². The molecule has 1 unspecified atom stereocenters. The highest BCUT2D eigenvalue weighted by atomic mass is 16.2. The van der Waals surface area contributed by atoms with E-state index >= 15 is 0 Å². The van der Waals surface area contributed by atoms with Crippen LogP contribution in [0.1, 0.15) is 38.2 Å². The number of carbonyl (C=O) groups is 1. The molecule has 0 aromatic heterocycles. The summed E-state index contributed by atoms with van der Waals surface area (Å²) in [6.45, 7) is 2.15. The van der Waals surface area contributed by atoms with Crippen molar-refractivity contribution in [2.45, 2.75) is 51.1 Å². The summed E-state index contributed by atoms with van der Waals surface area (Å²) in [5.74, 6) is 0.823. The van der Waals surface area contributed by atoms with Crippen LogP contribution in [0, 0.1) is 5.92 Å². The van der Waals surface area contributed by atoms with Crippen LogP contribution in [0.5, 0.6) is 0 Å².